The van der Waals surface area contributed by atoms with Crippen molar-refractivity contribution >= 4 is 11.9 Å². The van der Waals surface area contributed by atoms with E-state index in [0.29, 0.717) is 22.6 Å². The summed E-state index contributed by atoms with van der Waals surface area (Å²) in [5, 5.41) is 17.8. The Morgan fingerprint density at radius 2 is 1.19 bits per heavy atom. The molecule has 5 heteroatoms. The van der Waals surface area contributed by atoms with Crippen molar-refractivity contribution in [2.24, 2.45) is 0 Å². The molecule has 0 atom stereocenters. The number of benzene rings is 2. The number of carboxylic acid groups (broad SMARTS) is 2. The average Bonchev–Trinajstić information content (AvgIpc) is 2.42. The van der Waals surface area contributed by atoms with Gasteiger partial charge in [-0.25, -0.2) is 9.59 Å². The van der Waals surface area contributed by atoms with Crippen molar-refractivity contribution in [1.82, 2.24) is 0 Å². The molecule has 0 saturated heterocycles. The van der Waals surface area contributed by atoms with Gasteiger partial charge in [0, 0.05) is 0 Å². The molecule has 108 valence electrons. The molecule has 0 spiro atoms. The summed E-state index contributed by atoms with van der Waals surface area (Å²) < 4.78 is 5.72. The predicted molar refractivity (Wildman–Crippen MR) is 76.4 cm³/mol. The summed E-state index contributed by atoms with van der Waals surface area (Å²) in [7, 11) is 0. The lowest BCUT2D eigenvalue weighted by atomic mass is 10.1. The first-order valence-corrected chi connectivity index (χ1v) is 6.24. The molecule has 0 aliphatic heterocycles. The molecule has 0 saturated carbocycles. The van der Waals surface area contributed by atoms with E-state index >= 15 is 0 Å². The van der Waals surface area contributed by atoms with Crippen molar-refractivity contribution in [3.63, 3.8) is 0 Å². The zero-order chi connectivity index (χ0) is 15.6. The van der Waals surface area contributed by atoms with E-state index in [1.807, 2.05) is 0 Å². The number of carboxylic acids is 2. The topological polar surface area (TPSA) is 83.8 Å². The van der Waals surface area contributed by atoms with Crippen molar-refractivity contribution in [2.75, 3.05) is 0 Å². The van der Waals surface area contributed by atoms with Gasteiger partial charge in [0.1, 0.15) is 11.5 Å². The molecular formula is C16H14O5. The first-order valence-electron chi connectivity index (χ1n) is 6.24. The Morgan fingerprint density at radius 3 is 1.48 bits per heavy atom. The zero-order valence-electron chi connectivity index (χ0n) is 11.6. The largest absolute Gasteiger partial charge is 0.478 e. The molecule has 2 rings (SSSR count). The van der Waals surface area contributed by atoms with Crippen LogP contribution in [0.2, 0.25) is 0 Å². The minimum atomic E-state index is -0.994. The van der Waals surface area contributed by atoms with Crippen molar-refractivity contribution in [3.8, 4) is 11.5 Å². The SMILES string of the molecule is Cc1cc(C(=O)O)ccc1Oc1ccc(C(=O)O)cc1C. The van der Waals surface area contributed by atoms with Crippen LogP contribution in [0.25, 0.3) is 0 Å². The van der Waals surface area contributed by atoms with Crippen LogP contribution in [-0.2, 0) is 0 Å². The lowest BCUT2D eigenvalue weighted by Crippen LogP contribution is -1.99. The first-order chi connectivity index (χ1) is 9.88. The van der Waals surface area contributed by atoms with Gasteiger partial charge in [-0.2, -0.15) is 0 Å². The zero-order valence-corrected chi connectivity index (χ0v) is 11.6. The van der Waals surface area contributed by atoms with Crippen LogP contribution in [0.15, 0.2) is 36.4 Å². The summed E-state index contributed by atoms with van der Waals surface area (Å²) in [5.74, 6) is -0.921. The molecule has 0 aromatic heterocycles. The fourth-order valence-corrected chi connectivity index (χ4v) is 1.91. The van der Waals surface area contributed by atoms with Gasteiger partial charge in [-0.1, -0.05) is 0 Å². The molecule has 2 aromatic rings. The Morgan fingerprint density at radius 1 is 0.810 bits per heavy atom. The van der Waals surface area contributed by atoms with Crippen LogP contribution in [0.4, 0.5) is 0 Å². The summed E-state index contributed by atoms with van der Waals surface area (Å²) in [4.78, 5) is 21.8. The quantitative estimate of drug-likeness (QED) is 0.898. The van der Waals surface area contributed by atoms with E-state index in [2.05, 4.69) is 0 Å². The van der Waals surface area contributed by atoms with Crippen molar-refractivity contribution in [2.45, 2.75) is 13.8 Å². The smallest absolute Gasteiger partial charge is 0.335 e. The van der Waals surface area contributed by atoms with Crippen LogP contribution in [0, 0.1) is 13.8 Å². The maximum Gasteiger partial charge on any atom is 0.335 e. The second-order valence-electron chi connectivity index (χ2n) is 4.67. The van der Waals surface area contributed by atoms with Gasteiger partial charge in [-0.3, -0.25) is 0 Å². The minimum Gasteiger partial charge on any atom is -0.478 e. The second kappa shape index (κ2) is 5.66. The van der Waals surface area contributed by atoms with Gasteiger partial charge in [0.15, 0.2) is 0 Å². The van der Waals surface area contributed by atoms with Gasteiger partial charge in [0.2, 0.25) is 0 Å². The summed E-state index contributed by atoms with van der Waals surface area (Å²) in [5.41, 5.74) is 1.77. The second-order valence-corrected chi connectivity index (χ2v) is 4.67. The summed E-state index contributed by atoms with van der Waals surface area (Å²) in [6.45, 7) is 3.51. The normalized spacial score (nSPS) is 10.2. The van der Waals surface area contributed by atoms with E-state index in [1.54, 1.807) is 26.0 Å². The van der Waals surface area contributed by atoms with Crippen LogP contribution >= 0.6 is 0 Å². The highest BCUT2D eigenvalue weighted by molar-refractivity contribution is 5.88. The molecule has 0 bridgehead atoms. The van der Waals surface area contributed by atoms with Gasteiger partial charge >= 0.3 is 11.9 Å². The summed E-state index contributed by atoms with van der Waals surface area (Å²) in [6.07, 6.45) is 0. The molecule has 0 aliphatic rings. The van der Waals surface area contributed by atoms with Gasteiger partial charge in [0.25, 0.3) is 0 Å². The number of hydrogen-bond acceptors (Lipinski definition) is 3. The highest BCUT2D eigenvalue weighted by Crippen LogP contribution is 2.28. The monoisotopic (exact) mass is 286 g/mol. The maximum absolute atomic E-state index is 10.9. The summed E-state index contributed by atoms with van der Waals surface area (Å²) >= 11 is 0. The van der Waals surface area contributed by atoms with Gasteiger partial charge < -0.3 is 14.9 Å². The van der Waals surface area contributed by atoms with E-state index in [1.165, 1.54) is 24.3 Å². The Labute approximate surface area is 121 Å². The predicted octanol–water partition coefficient (Wildman–Crippen LogP) is 3.49. The lowest BCUT2D eigenvalue weighted by molar-refractivity contribution is 0.0686. The Balaban J connectivity index is 2.30. The Bertz CT molecular complexity index is 657. The Hall–Kier alpha value is -2.82. The third-order valence-electron chi connectivity index (χ3n) is 3.06. The molecule has 0 aliphatic carbocycles. The number of ether oxygens (including phenoxy) is 1. The van der Waals surface area contributed by atoms with E-state index in [-0.39, 0.29) is 11.1 Å². The van der Waals surface area contributed by atoms with E-state index < -0.39 is 11.9 Å². The van der Waals surface area contributed by atoms with Crippen molar-refractivity contribution in [1.29, 1.82) is 0 Å². The number of aromatic carboxylic acids is 2. The molecule has 0 heterocycles. The van der Waals surface area contributed by atoms with Crippen LogP contribution in [0.3, 0.4) is 0 Å². The minimum absolute atomic E-state index is 0.192. The number of carbonyl (C=O) groups is 2. The highest BCUT2D eigenvalue weighted by atomic mass is 16.5. The van der Waals surface area contributed by atoms with Crippen molar-refractivity contribution < 1.29 is 24.5 Å². The third kappa shape index (κ3) is 3.20. The number of hydrogen-bond donors (Lipinski definition) is 2. The van der Waals surface area contributed by atoms with Gasteiger partial charge in [-0.15, -0.1) is 0 Å². The Kier molecular flexibility index (Phi) is 3.93. The van der Waals surface area contributed by atoms with Crippen LogP contribution in [0.5, 0.6) is 11.5 Å². The molecular weight excluding hydrogens is 272 g/mol. The molecule has 0 unspecified atom stereocenters. The average molecular weight is 286 g/mol. The van der Waals surface area contributed by atoms with E-state index in [0.717, 1.165) is 0 Å². The molecule has 5 nitrogen and oxygen atoms in total. The molecule has 0 amide bonds. The molecule has 21 heavy (non-hydrogen) atoms. The summed E-state index contributed by atoms with van der Waals surface area (Å²) in [6, 6.07) is 9.15. The molecule has 2 N–H and O–H groups in total. The third-order valence-corrected chi connectivity index (χ3v) is 3.06. The van der Waals surface area contributed by atoms with Crippen LogP contribution in [-0.4, -0.2) is 22.2 Å². The number of rotatable bonds is 4. The van der Waals surface area contributed by atoms with Crippen LogP contribution in [0.1, 0.15) is 31.8 Å². The molecule has 0 fully saturated rings. The van der Waals surface area contributed by atoms with E-state index in [4.69, 9.17) is 14.9 Å². The standard InChI is InChI=1S/C16H14O5/c1-9-7-11(15(17)18)3-5-13(9)21-14-6-4-12(16(19)20)8-10(14)2/h3-8H,1-2H3,(H,17,18)(H,19,20). The van der Waals surface area contributed by atoms with E-state index in [9.17, 15) is 9.59 Å². The first kappa shape index (κ1) is 14.6. The van der Waals surface area contributed by atoms with Crippen LogP contribution < -0.4 is 4.74 Å². The lowest BCUT2D eigenvalue weighted by Gasteiger charge is -2.12. The van der Waals surface area contributed by atoms with Gasteiger partial charge in [0.05, 0.1) is 11.1 Å². The van der Waals surface area contributed by atoms with Gasteiger partial charge in [-0.05, 0) is 61.4 Å². The fraction of sp³-hybridized carbons (Fsp3) is 0.125. The maximum atomic E-state index is 10.9. The van der Waals surface area contributed by atoms with Crippen molar-refractivity contribution in [3.05, 3.63) is 58.7 Å². The molecule has 2 aromatic carbocycles. The number of aryl methyl sites for hydroxylation is 2. The molecule has 0 radical (unpaired) electrons. The highest BCUT2D eigenvalue weighted by Gasteiger charge is 2.10. The fourth-order valence-electron chi connectivity index (χ4n) is 1.91.